The van der Waals surface area contributed by atoms with Gasteiger partial charge in [0.1, 0.15) is 5.78 Å². The monoisotopic (exact) mass is 212 g/mol. The van der Waals surface area contributed by atoms with Crippen molar-refractivity contribution in [3.63, 3.8) is 0 Å². The van der Waals surface area contributed by atoms with Crippen LogP contribution in [0.1, 0.15) is 31.2 Å². The van der Waals surface area contributed by atoms with Crippen LogP contribution in [-0.4, -0.2) is 16.8 Å². The zero-order chi connectivity index (χ0) is 10.4. The minimum atomic E-state index is 0.0208. The van der Waals surface area contributed by atoms with Crippen LogP contribution in [0, 0.1) is 0 Å². The normalized spacial score (nSPS) is 12.7. The lowest BCUT2D eigenvalue weighted by molar-refractivity contribution is -0.118. The maximum atomic E-state index is 11.5. The Bertz CT molecular complexity index is 272. The molecule has 1 atom stereocenters. The van der Waals surface area contributed by atoms with E-state index in [0.29, 0.717) is 12.8 Å². The molecule has 1 rings (SSSR count). The van der Waals surface area contributed by atoms with Crippen LogP contribution >= 0.6 is 11.3 Å². The standard InChI is InChI=1S/C10H16N2OS/c1-2-3-8(11)6-9(13)7-10-12-4-5-14-10/h4-5,8H,2-3,6-7,11H2,1H3. The van der Waals surface area contributed by atoms with E-state index >= 15 is 0 Å². The molecule has 0 radical (unpaired) electrons. The molecule has 0 saturated heterocycles. The summed E-state index contributed by atoms with van der Waals surface area (Å²) in [5.41, 5.74) is 5.78. The first-order valence-electron chi connectivity index (χ1n) is 4.88. The Morgan fingerprint density at radius 1 is 1.71 bits per heavy atom. The molecule has 0 bridgehead atoms. The van der Waals surface area contributed by atoms with E-state index < -0.39 is 0 Å². The molecule has 78 valence electrons. The van der Waals surface area contributed by atoms with Crippen LogP contribution in [0.5, 0.6) is 0 Å². The number of nitrogens with two attached hydrogens (primary N) is 1. The average Bonchev–Trinajstić information content (AvgIpc) is 2.56. The number of nitrogens with zero attached hydrogens (tertiary/aromatic N) is 1. The number of rotatable bonds is 6. The Hall–Kier alpha value is -0.740. The first kappa shape index (κ1) is 11.3. The summed E-state index contributed by atoms with van der Waals surface area (Å²) < 4.78 is 0. The summed E-state index contributed by atoms with van der Waals surface area (Å²) in [7, 11) is 0. The summed E-state index contributed by atoms with van der Waals surface area (Å²) in [4.78, 5) is 15.5. The second-order valence-electron chi connectivity index (χ2n) is 3.39. The second-order valence-corrected chi connectivity index (χ2v) is 4.37. The molecule has 14 heavy (non-hydrogen) atoms. The smallest absolute Gasteiger partial charge is 0.141 e. The van der Waals surface area contributed by atoms with Crippen molar-refractivity contribution in [2.75, 3.05) is 0 Å². The predicted octanol–water partition coefficient (Wildman–Crippen LogP) is 1.77. The highest BCUT2D eigenvalue weighted by Gasteiger charge is 2.10. The van der Waals surface area contributed by atoms with Crippen molar-refractivity contribution in [1.82, 2.24) is 4.98 Å². The van der Waals surface area contributed by atoms with Crippen LogP contribution in [0.2, 0.25) is 0 Å². The van der Waals surface area contributed by atoms with Gasteiger partial charge >= 0.3 is 0 Å². The van der Waals surface area contributed by atoms with Crippen LogP contribution in [0.3, 0.4) is 0 Å². The fourth-order valence-corrected chi connectivity index (χ4v) is 1.99. The molecule has 3 nitrogen and oxygen atoms in total. The zero-order valence-electron chi connectivity index (χ0n) is 8.40. The molecule has 0 aliphatic carbocycles. The first-order chi connectivity index (χ1) is 6.72. The molecule has 0 fully saturated rings. The molecule has 0 aliphatic heterocycles. The highest BCUT2D eigenvalue weighted by Crippen LogP contribution is 2.08. The number of Topliss-reactive ketones (excluding diaryl/α,β-unsaturated/α-hetero) is 1. The van der Waals surface area contributed by atoms with Gasteiger partial charge < -0.3 is 5.73 Å². The number of thiazole rings is 1. The summed E-state index contributed by atoms with van der Waals surface area (Å²) in [5.74, 6) is 0.195. The summed E-state index contributed by atoms with van der Waals surface area (Å²) >= 11 is 1.52. The van der Waals surface area contributed by atoms with Crippen molar-refractivity contribution < 1.29 is 4.79 Å². The first-order valence-corrected chi connectivity index (χ1v) is 5.76. The summed E-state index contributed by atoms with van der Waals surface area (Å²) in [6.45, 7) is 2.07. The Morgan fingerprint density at radius 2 is 2.50 bits per heavy atom. The quantitative estimate of drug-likeness (QED) is 0.782. The number of ketones is 1. The lowest BCUT2D eigenvalue weighted by Gasteiger charge is -2.07. The zero-order valence-corrected chi connectivity index (χ0v) is 9.22. The van der Waals surface area contributed by atoms with Crippen molar-refractivity contribution in [2.24, 2.45) is 5.73 Å². The average molecular weight is 212 g/mol. The van der Waals surface area contributed by atoms with E-state index in [1.807, 2.05) is 5.38 Å². The molecule has 4 heteroatoms. The largest absolute Gasteiger partial charge is 0.327 e. The lowest BCUT2D eigenvalue weighted by Crippen LogP contribution is -2.24. The van der Waals surface area contributed by atoms with E-state index in [1.165, 1.54) is 11.3 Å². The van der Waals surface area contributed by atoms with Gasteiger partial charge in [-0.2, -0.15) is 0 Å². The molecule has 0 aromatic carbocycles. The Morgan fingerprint density at radius 3 is 3.07 bits per heavy atom. The maximum Gasteiger partial charge on any atom is 0.141 e. The van der Waals surface area contributed by atoms with Gasteiger partial charge in [0.15, 0.2) is 0 Å². The third kappa shape index (κ3) is 3.98. The minimum Gasteiger partial charge on any atom is -0.327 e. The number of carbonyl (C=O) groups excluding carboxylic acids is 1. The van der Waals surface area contributed by atoms with Crippen LogP contribution in [0.25, 0.3) is 0 Å². The molecule has 0 aliphatic rings. The number of hydrogen-bond acceptors (Lipinski definition) is 4. The highest BCUT2D eigenvalue weighted by atomic mass is 32.1. The van der Waals surface area contributed by atoms with Crippen molar-refractivity contribution in [3.8, 4) is 0 Å². The third-order valence-electron chi connectivity index (χ3n) is 1.98. The fourth-order valence-electron chi connectivity index (χ4n) is 1.35. The summed E-state index contributed by atoms with van der Waals surface area (Å²) in [6.07, 6.45) is 4.59. The molecule has 2 N–H and O–H groups in total. The Balaban J connectivity index is 2.29. The van der Waals surface area contributed by atoms with E-state index in [9.17, 15) is 4.79 Å². The summed E-state index contributed by atoms with van der Waals surface area (Å²) in [6, 6.07) is 0.0208. The van der Waals surface area contributed by atoms with Crippen LogP contribution in [0.15, 0.2) is 11.6 Å². The van der Waals surface area contributed by atoms with Gasteiger partial charge in [0.25, 0.3) is 0 Å². The van der Waals surface area contributed by atoms with Gasteiger partial charge in [-0.1, -0.05) is 13.3 Å². The Labute approximate surface area is 88.3 Å². The molecule has 0 saturated carbocycles. The molecular formula is C10H16N2OS. The topological polar surface area (TPSA) is 56.0 Å². The van der Waals surface area contributed by atoms with E-state index in [4.69, 9.17) is 5.73 Å². The van der Waals surface area contributed by atoms with Crippen LogP contribution < -0.4 is 5.73 Å². The fraction of sp³-hybridized carbons (Fsp3) is 0.600. The molecular weight excluding hydrogens is 196 g/mol. The van der Waals surface area contributed by atoms with Gasteiger partial charge in [0.05, 0.1) is 11.4 Å². The highest BCUT2D eigenvalue weighted by molar-refractivity contribution is 7.09. The number of hydrogen-bond donors (Lipinski definition) is 1. The van der Waals surface area contributed by atoms with Crippen molar-refractivity contribution in [2.45, 2.75) is 38.6 Å². The lowest BCUT2D eigenvalue weighted by atomic mass is 10.1. The third-order valence-corrected chi connectivity index (χ3v) is 2.76. The van der Waals surface area contributed by atoms with Gasteiger partial charge in [0, 0.05) is 24.0 Å². The van der Waals surface area contributed by atoms with E-state index in [1.54, 1.807) is 6.20 Å². The van der Waals surface area contributed by atoms with E-state index in [0.717, 1.165) is 17.8 Å². The van der Waals surface area contributed by atoms with Gasteiger partial charge in [-0.15, -0.1) is 11.3 Å². The Kier molecular flexibility index (Phi) is 4.76. The van der Waals surface area contributed by atoms with Gasteiger partial charge in [-0.3, -0.25) is 4.79 Å². The summed E-state index contributed by atoms with van der Waals surface area (Å²) in [5, 5.41) is 2.77. The second kappa shape index (κ2) is 5.88. The van der Waals surface area contributed by atoms with Crippen LogP contribution in [-0.2, 0) is 11.2 Å². The minimum absolute atomic E-state index is 0.0208. The molecule has 0 amide bonds. The molecule has 1 aromatic rings. The molecule has 1 unspecified atom stereocenters. The van der Waals surface area contributed by atoms with E-state index in [-0.39, 0.29) is 11.8 Å². The van der Waals surface area contributed by atoms with Gasteiger partial charge in [0.2, 0.25) is 0 Å². The van der Waals surface area contributed by atoms with Crippen molar-refractivity contribution in [1.29, 1.82) is 0 Å². The maximum absolute atomic E-state index is 11.5. The predicted molar refractivity (Wildman–Crippen MR) is 58.3 cm³/mol. The number of aromatic nitrogens is 1. The van der Waals surface area contributed by atoms with Crippen molar-refractivity contribution >= 4 is 17.1 Å². The van der Waals surface area contributed by atoms with E-state index in [2.05, 4.69) is 11.9 Å². The molecule has 1 heterocycles. The van der Waals surface area contributed by atoms with Gasteiger partial charge in [-0.05, 0) is 6.42 Å². The van der Waals surface area contributed by atoms with Crippen molar-refractivity contribution in [3.05, 3.63) is 16.6 Å². The molecule has 1 aromatic heterocycles. The number of carbonyl (C=O) groups is 1. The molecule has 0 spiro atoms. The van der Waals surface area contributed by atoms with Crippen LogP contribution in [0.4, 0.5) is 0 Å². The van der Waals surface area contributed by atoms with Gasteiger partial charge in [-0.25, -0.2) is 4.98 Å². The SMILES string of the molecule is CCCC(N)CC(=O)Cc1nccs1.